The third-order valence-corrected chi connectivity index (χ3v) is 1.53. The maximum atomic E-state index is 5.62. The quantitative estimate of drug-likeness (QED) is 0.696. The van der Waals surface area contributed by atoms with Crippen LogP contribution < -0.4 is 5.73 Å². The molecule has 0 spiro atoms. The number of aryl methyl sites for hydroxylation is 2. The number of nitrogen functional groups attached to an aromatic ring is 1. The van der Waals surface area contributed by atoms with E-state index in [1.165, 1.54) is 0 Å². The molecule has 0 aliphatic carbocycles. The second kappa shape index (κ2) is 5.58. The van der Waals surface area contributed by atoms with E-state index in [4.69, 9.17) is 5.73 Å². The van der Waals surface area contributed by atoms with Crippen molar-refractivity contribution in [2.45, 2.75) is 34.1 Å². The van der Waals surface area contributed by atoms with Gasteiger partial charge in [0.2, 0.25) is 0 Å². The summed E-state index contributed by atoms with van der Waals surface area (Å²) in [6.07, 6.45) is 0.957. The van der Waals surface area contributed by atoms with Gasteiger partial charge in [0.25, 0.3) is 0 Å². The Morgan fingerprint density at radius 1 is 1.33 bits per heavy atom. The second-order valence-corrected chi connectivity index (χ2v) is 2.35. The van der Waals surface area contributed by atoms with E-state index < -0.39 is 0 Å². The van der Waals surface area contributed by atoms with Crippen LogP contribution in [0.2, 0.25) is 0 Å². The largest absolute Gasteiger partial charge is 0.383 e. The normalized spacial score (nSPS) is 8.67. The zero-order valence-corrected chi connectivity index (χ0v) is 8.39. The minimum absolute atomic E-state index is 0.669. The fourth-order valence-corrected chi connectivity index (χ4v) is 0.905. The second-order valence-electron chi connectivity index (χ2n) is 2.35. The molecule has 0 unspecified atom stereocenters. The van der Waals surface area contributed by atoms with Crippen LogP contribution in [0.4, 0.5) is 5.82 Å². The third kappa shape index (κ3) is 2.91. The number of anilines is 1. The van der Waals surface area contributed by atoms with E-state index in [0.29, 0.717) is 5.82 Å². The van der Waals surface area contributed by atoms with Crippen LogP contribution in [0, 0.1) is 6.92 Å². The molecule has 2 nitrogen and oxygen atoms in total. The molecule has 0 radical (unpaired) electrons. The molecule has 0 saturated heterocycles. The Morgan fingerprint density at radius 3 is 2.33 bits per heavy atom. The number of hydrogen-bond acceptors (Lipinski definition) is 2. The summed E-state index contributed by atoms with van der Waals surface area (Å²) >= 11 is 0. The lowest BCUT2D eigenvalue weighted by molar-refractivity contribution is 1.09. The van der Waals surface area contributed by atoms with Crippen molar-refractivity contribution in [1.82, 2.24) is 4.98 Å². The molecule has 2 N–H and O–H groups in total. The van der Waals surface area contributed by atoms with E-state index in [-0.39, 0.29) is 0 Å². The lowest BCUT2D eigenvalue weighted by atomic mass is 10.2. The molecule has 1 heterocycles. The molecule has 0 aliphatic heterocycles. The van der Waals surface area contributed by atoms with Crippen molar-refractivity contribution in [1.29, 1.82) is 0 Å². The summed E-state index contributed by atoms with van der Waals surface area (Å²) < 4.78 is 0. The first kappa shape index (κ1) is 11.0. The average molecular weight is 166 g/mol. The van der Waals surface area contributed by atoms with E-state index in [1.54, 1.807) is 0 Å². The Morgan fingerprint density at radius 2 is 1.92 bits per heavy atom. The first-order valence-electron chi connectivity index (χ1n) is 4.46. The van der Waals surface area contributed by atoms with Gasteiger partial charge in [-0.2, -0.15) is 0 Å². The number of aromatic nitrogens is 1. The van der Waals surface area contributed by atoms with Crippen molar-refractivity contribution in [3.05, 3.63) is 23.4 Å². The van der Waals surface area contributed by atoms with Gasteiger partial charge in [0.15, 0.2) is 0 Å². The number of pyridine rings is 1. The highest BCUT2D eigenvalue weighted by Gasteiger charge is 1.95. The minimum Gasteiger partial charge on any atom is -0.383 e. The molecule has 0 bridgehead atoms. The Balaban J connectivity index is 0.000000561. The summed E-state index contributed by atoms with van der Waals surface area (Å²) in [5.41, 5.74) is 7.73. The molecule has 0 aliphatic rings. The first-order valence-corrected chi connectivity index (χ1v) is 4.46. The molecule has 0 saturated carbocycles. The van der Waals surface area contributed by atoms with Crippen LogP contribution in [-0.2, 0) is 6.42 Å². The Kier molecular flexibility index (Phi) is 5.09. The highest BCUT2D eigenvalue weighted by molar-refractivity contribution is 5.39. The first-order chi connectivity index (χ1) is 5.74. The van der Waals surface area contributed by atoms with E-state index in [1.807, 2.05) is 32.9 Å². The van der Waals surface area contributed by atoms with Crippen LogP contribution in [0.1, 0.15) is 32.0 Å². The molecule has 0 aromatic carbocycles. The molecule has 1 rings (SSSR count). The monoisotopic (exact) mass is 166 g/mol. The maximum absolute atomic E-state index is 5.62. The molecule has 0 fully saturated rings. The molecule has 1 aromatic heterocycles. The Labute approximate surface area is 74.8 Å². The SMILES string of the molecule is CC.CCc1ccc(C)nc1N. The van der Waals surface area contributed by atoms with Gasteiger partial charge in [-0.3, -0.25) is 0 Å². The Hall–Kier alpha value is -1.05. The van der Waals surface area contributed by atoms with Crippen LogP contribution in [0.25, 0.3) is 0 Å². The lowest BCUT2D eigenvalue weighted by Gasteiger charge is -2.00. The molecule has 68 valence electrons. The molecule has 0 atom stereocenters. The smallest absolute Gasteiger partial charge is 0.126 e. The molecule has 0 amide bonds. The maximum Gasteiger partial charge on any atom is 0.126 e. The van der Waals surface area contributed by atoms with Gasteiger partial charge < -0.3 is 5.73 Å². The van der Waals surface area contributed by atoms with Crippen molar-refractivity contribution in [2.24, 2.45) is 0 Å². The van der Waals surface area contributed by atoms with Gasteiger partial charge in [-0.05, 0) is 25.0 Å². The van der Waals surface area contributed by atoms with E-state index in [0.717, 1.165) is 17.7 Å². The molecule has 12 heavy (non-hydrogen) atoms. The zero-order valence-electron chi connectivity index (χ0n) is 8.39. The number of hydrogen-bond donors (Lipinski definition) is 1. The highest BCUT2D eigenvalue weighted by atomic mass is 14.8. The lowest BCUT2D eigenvalue weighted by Crippen LogP contribution is -1.97. The van der Waals surface area contributed by atoms with E-state index in [2.05, 4.69) is 11.9 Å². The topological polar surface area (TPSA) is 38.9 Å². The van der Waals surface area contributed by atoms with Crippen molar-refractivity contribution >= 4 is 5.82 Å². The summed E-state index contributed by atoms with van der Waals surface area (Å²) in [7, 11) is 0. The van der Waals surface area contributed by atoms with Crippen molar-refractivity contribution < 1.29 is 0 Å². The van der Waals surface area contributed by atoms with Gasteiger partial charge in [0.1, 0.15) is 5.82 Å². The van der Waals surface area contributed by atoms with Crippen molar-refractivity contribution in [3.63, 3.8) is 0 Å². The minimum atomic E-state index is 0.669. The average Bonchev–Trinajstić information content (AvgIpc) is 2.08. The standard InChI is InChI=1S/C8H12N2.C2H6/c1-3-7-5-4-6(2)10-8(7)9;1-2/h4-5H,3H2,1-2H3,(H2,9,10);1-2H3. The summed E-state index contributed by atoms with van der Waals surface area (Å²) in [6, 6.07) is 4.01. The number of rotatable bonds is 1. The Bertz CT molecular complexity index is 231. The summed E-state index contributed by atoms with van der Waals surface area (Å²) in [5, 5.41) is 0. The van der Waals surface area contributed by atoms with Gasteiger partial charge in [-0.15, -0.1) is 0 Å². The fraction of sp³-hybridized carbons (Fsp3) is 0.500. The number of nitrogens with zero attached hydrogens (tertiary/aromatic N) is 1. The molecule has 2 heteroatoms. The van der Waals surface area contributed by atoms with Crippen LogP contribution in [0.15, 0.2) is 12.1 Å². The van der Waals surface area contributed by atoms with E-state index in [9.17, 15) is 0 Å². The summed E-state index contributed by atoms with van der Waals surface area (Å²) in [5.74, 6) is 0.669. The zero-order chi connectivity index (χ0) is 9.56. The fourth-order valence-electron chi connectivity index (χ4n) is 0.905. The van der Waals surface area contributed by atoms with Gasteiger partial charge in [-0.25, -0.2) is 4.98 Å². The van der Waals surface area contributed by atoms with E-state index >= 15 is 0 Å². The predicted octanol–water partition coefficient (Wildman–Crippen LogP) is 2.56. The van der Waals surface area contributed by atoms with Gasteiger partial charge in [-0.1, -0.05) is 26.8 Å². The van der Waals surface area contributed by atoms with Gasteiger partial charge >= 0.3 is 0 Å². The summed E-state index contributed by atoms with van der Waals surface area (Å²) in [4.78, 5) is 4.12. The van der Waals surface area contributed by atoms with Crippen LogP contribution >= 0.6 is 0 Å². The third-order valence-electron chi connectivity index (χ3n) is 1.53. The van der Waals surface area contributed by atoms with Gasteiger partial charge in [0, 0.05) is 5.69 Å². The van der Waals surface area contributed by atoms with Crippen molar-refractivity contribution in [2.75, 3.05) is 5.73 Å². The predicted molar refractivity (Wildman–Crippen MR) is 54.1 cm³/mol. The number of nitrogens with two attached hydrogens (primary N) is 1. The summed E-state index contributed by atoms with van der Waals surface area (Å²) in [6.45, 7) is 8.01. The highest BCUT2D eigenvalue weighted by Crippen LogP contribution is 2.08. The van der Waals surface area contributed by atoms with Crippen LogP contribution in [0.5, 0.6) is 0 Å². The van der Waals surface area contributed by atoms with Crippen molar-refractivity contribution in [3.8, 4) is 0 Å². The molecular weight excluding hydrogens is 148 g/mol. The van der Waals surface area contributed by atoms with Crippen LogP contribution in [0.3, 0.4) is 0 Å². The van der Waals surface area contributed by atoms with Gasteiger partial charge in [0.05, 0.1) is 0 Å². The molecule has 1 aromatic rings. The van der Waals surface area contributed by atoms with Crippen LogP contribution in [-0.4, -0.2) is 4.98 Å². The molecular formula is C10H18N2.